The Hall–Kier alpha value is -3.39. The number of carbonyl (C=O) groups excluding carboxylic acids is 3. The van der Waals surface area contributed by atoms with Gasteiger partial charge in [-0.1, -0.05) is 32.9 Å². The number of hydrogen-bond donors (Lipinski definition) is 2. The molecule has 1 aliphatic carbocycles. The van der Waals surface area contributed by atoms with Crippen LogP contribution in [0.15, 0.2) is 42.5 Å². The van der Waals surface area contributed by atoms with Crippen LogP contribution in [-0.2, 0) is 10.2 Å². The molecule has 2 aromatic carbocycles. The number of carbonyl (C=O) groups is 3. The highest BCUT2D eigenvalue weighted by Gasteiger charge is 2.34. The monoisotopic (exact) mass is 531 g/mol. The van der Waals surface area contributed by atoms with Gasteiger partial charge in [0.05, 0.1) is 11.4 Å². The second kappa shape index (κ2) is 11.4. The number of nitrogens with one attached hydrogen (secondary N) is 2. The van der Waals surface area contributed by atoms with E-state index in [1.54, 1.807) is 0 Å². The summed E-state index contributed by atoms with van der Waals surface area (Å²) in [5.41, 5.74) is 3.82. The van der Waals surface area contributed by atoms with Gasteiger partial charge in [-0.05, 0) is 60.6 Å². The van der Waals surface area contributed by atoms with Crippen molar-refractivity contribution in [3.8, 4) is 0 Å². The smallest absolute Gasteiger partial charge is 0.255 e. The standard InChI is InChI=1S/C31H41N5O3/c1-31(2,3)25-10-7-22(8-11-25)28(37)33-26-21-24(30(39)36-17-13-32-14-18-36)9-12-27(26)34-15-4-16-35(20-19-34)29(38)23-5-6-23/h7-12,21,23,32H,4-6,13-20H2,1-3H3,(H,33,37). The Balaban J connectivity index is 1.39. The lowest BCUT2D eigenvalue weighted by Gasteiger charge is -2.29. The van der Waals surface area contributed by atoms with Crippen molar-refractivity contribution >= 4 is 29.1 Å². The molecule has 0 unspecified atom stereocenters. The topological polar surface area (TPSA) is 85.0 Å². The molecule has 39 heavy (non-hydrogen) atoms. The fraction of sp³-hybridized carbons (Fsp3) is 0.516. The van der Waals surface area contributed by atoms with Crippen molar-refractivity contribution in [2.45, 2.75) is 45.4 Å². The van der Waals surface area contributed by atoms with Crippen LogP contribution in [0, 0.1) is 5.92 Å². The Morgan fingerprint density at radius 2 is 1.51 bits per heavy atom. The lowest BCUT2D eigenvalue weighted by molar-refractivity contribution is -0.132. The molecular formula is C31H41N5O3. The maximum atomic E-state index is 13.4. The molecule has 0 radical (unpaired) electrons. The molecule has 3 amide bonds. The summed E-state index contributed by atoms with van der Waals surface area (Å²) in [6.07, 6.45) is 2.88. The molecular weight excluding hydrogens is 490 g/mol. The van der Waals surface area contributed by atoms with Crippen LogP contribution in [0.4, 0.5) is 11.4 Å². The number of rotatable bonds is 5. The SMILES string of the molecule is CC(C)(C)c1ccc(C(=O)Nc2cc(C(=O)N3CCNCC3)ccc2N2CCCN(C(=O)C3CC3)CC2)cc1. The van der Waals surface area contributed by atoms with Crippen molar-refractivity contribution in [1.29, 1.82) is 0 Å². The largest absolute Gasteiger partial charge is 0.368 e. The van der Waals surface area contributed by atoms with Crippen molar-refractivity contribution < 1.29 is 14.4 Å². The normalized spacial score (nSPS) is 18.5. The molecule has 3 aliphatic rings. The van der Waals surface area contributed by atoms with Crippen LogP contribution in [0.5, 0.6) is 0 Å². The number of hydrogen-bond acceptors (Lipinski definition) is 5. The zero-order valence-corrected chi connectivity index (χ0v) is 23.5. The molecule has 8 nitrogen and oxygen atoms in total. The van der Waals surface area contributed by atoms with Gasteiger partial charge < -0.3 is 25.3 Å². The molecule has 8 heteroatoms. The average molecular weight is 532 g/mol. The number of amides is 3. The summed E-state index contributed by atoms with van der Waals surface area (Å²) in [6.45, 7) is 12.2. The Kier molecular flexibility index (Phi) is 7.93. The van der Waals surface area contributed by atoms with E-state index in [-0.39, 0.29) is 29.1 Å². The molecule has 2 saturated heterocycles. The summed E-state index contributed by atoms with van der Waals surface area (Å²) in [4.78, 5) is 45.5. The minimum absolute atomic E-state index is 0.00237. The Bertz CT molecular complexity index is 1210. The minimum Gasteiger partial charge on any atom is -0.368 e. The van der Waals surface area contributed by atoms with Gasteiger partial charge in [-0.2, -0.15) is 0 Å². The van der Waals surface area contributed by atoms with E-state index in [0.717, 1.165) is 51.1 Å². The first-order valence-corrected chi connectivity index (χ1v) is 14.3. The van der Waals surface area contributed by atoms with Gasteiger partial charge in [0.1, 0.15) is 0 Å². The molecule has 0 spiro atoms. The molecule has 2 heterocycles. The van der Waals surface area contributed by atoms with E-state index in [1.165, 1.54) is 5.56 Å². The van der Waals surface area contributed by atoms with E-state index in [4.69, 9.17) is 0 Å². The van der Waals surface area contributed by atoms with E-state index in [2.05, 4.69) is 36.3 Å². The number of anilines is 2. The van der Waals surface area contributed by atoms with E-state index >= 15 is 0 Å². The summed E-state index contributed by atoms with van der Waals surface area (Å²) < 4.78 is 0. The van der Waals surface area contributed by atoms with Crippen LogP contribution >= 0.6 is 0 Å². The van der Waals surface area contributed by atoms with Gasteiger partial charge in [0.2, 0.25) is 5.91 Å². The highest BCUT2D eigenvalue weighted by molar-refractivity contribution is 6.07. The Labute approximate surface area is 231 Å². The van der Waals surface area contributed by atoms with Crippen molar-refractivity contribution in [3.05, 3.63) is 59.2 Å². The first-order chi connectivity index (χ1) is 18.7. The predicted molar refractivity (Wildman–Crippen MR) is 154 cm³/mol. The highest BCUT2D eigenvalue weighted by atomic mass is 16.2. The van der Waals surface area contributed by atoms with E-state index in [0.29, 0.717) is 43.0 Å². The van der Waals surface area contributed by atoms with E-state index in [9.17, 15) is 14.4 Å². The van der Waals surface area contributed by atoms with Gasteiger partial charge in [-0.15, -0.1) is 0 Å². The maximum absolute atomic E-state index is 13.4. The summed E-state index contributed by atoms with van der Waals surface area (Å²) >= 11 is 0. The van der Waals surface area contributed by atoms with Gasteiger partial charge >= 0.3 is 0 Å². The first-order valence-electron chi connectivity index (χ1n) is 14.3. The summed E-state index contributed by atoms with van der Waals surface area (Å²) in [5, 5.41) is 6.40. The van der Waals surface area contributed by atoms with Crippen molar-refractivity contribution in [3.63, 3.8) is 0 Å². The van der Waals surface area contributed by atoms with Crippen molar-refractivity contribution in [1.82, 2.24) is 15.1 Å². The van der Waals surface area contributed by atoms with Gasteiger partial charge in [-0.25, -0.2) is 0 Å². The van der Waals surface area contributed by atoms with Crippen molar-refractivity contribution in [2.75, 3.05) is 62.6 Å². The van der Waals surface area contributed by atoms with Crippen LogP contribution in [-0.4, -0.2) is 79.9 Å². The van der Waals surface area contributed by atoms with Crippen LogP contribution in [0.25, 0.3) is 0 Å². The van der Waals surface area contributed by atoms with Gasteiger partial charge in [0.15, 0.2) is 0 Å². The predicted octanol–water partition coefficient (Wildman–Crippen LogP) is 3.73. The van der Waals surface area contributed by atoms with Crippen molar-refractivity contribution in [2.24, 2.45) is 5.92 Å². The van der Waals surface area contributed by atoms with Gasteiger partial charge in [-0.3, -0.25) is 14.4 Å². The summed E-state index contributed by atoms with van der Waals surface area (Å²) in [6, 6.07) is 13.4. The average Bonchev–Trinajstić information content (AvgIpc) is 3.80. The van der Waals surface area contributed by atoms with Gasteiger partial charge in [0, 0.05) is 69.4 Å². The third kappa shape index (κ3) is 6.44. The third-order valence-electron chi connectivity index (χ3n) is 7.98. The Morgan fingerprint density at radius 1 is 0.821 bits per heavy atom. The number of benzene rings is 2. The highest BCUT2D eigenvalue weighted by Crippen LogP contribution is 2.33. The summed E-state index contributed by atoms with van der Waals surface area (Å²) in [7, 11) is 0. The molecule has 2 aromatic rings. The van der Waals surface area contributed by atoms with Crippen LogP contribution in [0.3, 0.4) is 0 Å². The van der Waals surface area contributed by atoms with E-state index in [1.807, 2.05) is 52.3 Å². The van der Waals surface area contributed by atoms with Crippen LogP contribution in [0.1, 0.15) is 66.3 Å². The molecule has 208 valence electrons. The second-order valence-electron chi connectivity index (χ2n) is 12.0. The number of piperazine rings is 1. The molecule has 0 bridgehead atoms. The minimum atomic E-state index is -0.205. The fourth-order valence-corrected chi connectivity index (χ4v) is 5.38. The third-order valence-corrected chi connectivity index (χ3v) is 7.98. The summed E-state index contributed by atoms with van der Waals surface area (Å²) in [5.74, 6) is 0.265. The van der Waals surface area contributed by atoms with E-state index < -0.39 is 0 Å². The fourth-order valence-electron chi connectivity index (χ4n) is 5.38. The zero-order valence-electron chi connectivity index (χ0n) is 23.5. The first kappa shape index (κ1) is 27.2. The molecule has 0 atom stereocenters. The molecule has 3 fully saturated rings. The van der Waals surface area contributed by atoms with Crippen LogP contribution < -0.4 is 15.5 Å². The number of nitrogens with zero attached hydrogens (tertiary/aromatic N) is 3. The van der Waals surface area contributed by atoms with Gasteiger partial charge in [0.25, 0.3) is 11.8 Å². The molecule has 0 aromatic heterocycles. The molecule has 2 aliphatic heterocycles. The van der Waals surface area contributed by atoms with Crippen LogP contribution in [0.2, 0.25) is 0 Å². The second-order valence-corrected chi connectivity index (χ2v) is 12.0. The molecule has 1 saturated carbocycles. The zero-order chi connectivity index (χ0) is 27.6. The lowest BCUT2D eigenvalue weighted by Crippen LogP contribution is -2.46. The molecule has 2 N–H and O–H groups in total. The Morgan fingerprint density at radius 3 is 2.18 bits per heavy atom. The molecule has 5 rings (SSSR count). The quantitative estimate of drug-likeness (QED) is 0.614. The maximum Gasteiger partial charge on any atom is 0.255 e. The lowest BCUT2D eigenvalue weighted by atomic mass is 9.86.